The fraction of sp³-hybridized carbons (Fsp3) is 0.467. The van der Waals surface area contributed by atoms with E-state index in [-0.39, 0.29) is 36.7 Å². The summed E-state index contributed by atoms with van der Waals surface area (Å²) in [5.74, 6) is -1.07. The van der Waals surface area contributed by atoms with Crippen LogP contribution < -0.4 is 16.4 Å². The Bertz CT molecular complexity index is 541. The third kappa shape index (κ3) is 7.63. The normalized spacial score (nSPS) is 11.6. The molecule has 1 aromatic rings. The zero-order valence-corrected chi connectivity index (χ0v) is 14.6. The molecular weight excluding hydrogens is 344 g/mol. The molecule has 1 atom stereocenters. The molecule has 23 heavy (non-hydrogen) atoms. The summed E-state index contributed by atoms with van der Waals surface area (Å²) in [6.45, 7) is 3.88. The molecule has 0 radical (unpaired) electrons. The molecule has 0 aromatic heterocycles. The van der Waals surface area contributed by atoms with Crippen molar-refractivity contribution >= 4 is 35.8 Å². The van der Waals surface area contributed by atoms with Gasteiger partial charge in [0.05, 0.1) is 12.6 Å². The van der Waals surface area contributed by atoms with Crippen LogP contribution in [-0.4, -0.2) is 30.9 Å². The second-order valence-electron chi connectivity index (χ2n) is 5.32. The molecule has 0 aliphatic rings. The highest BCUT2D eigenvalue weighted by Crippen LogP contribution is 2.17. The number of carbonyl (C=O) groups excluding carboxylic acids is 2. The average Bonchev–Trinajstić information content (AvgIpc) is 2.46. The van der Waals surface area contributed by atoms with Gasteiger partial charge in [-0.1, -0.05) is 31.5 Å². The molecule has 0 bridgehead atoms. The zero-order chi connectivity index (χ0) is 16.7. The fourth-order valence-corrected chi connectivity index (χ4v) is 1.97. The molecule has 1 rings (SSSR count). The molecule has 8 heteroatoms. The number of hydrogen-bond acceptors (Lipinski definition) is 3. The quantitative estimate of drug-likeness (QED) is 0.686. The Morgan fingerprint density at radius 1 is 1.30 bits per heavy atom. The molecule has 0 saturated carbocycles. The Hall–Kier alpha value is -1.37. The maximum Gasteiger partial charge on any atom is 0.239 e. The maximum absolute atomic E-state index is 12.9. The van der Waals surface area contributed by atoms with Crippen molar-refractivity contribution < 1.29 is 14.0 Å². The van der Waals surface area contributed by atoms with Crippen molar-refractivity contribution in [1.29, 1.82) is 0 Å². The van der Waals surface area contributed by atoms with E-state index < -0.39 is 11.9 Å². The molecule has 1 aromatic carbocycles. The first-order chi connectivity index (χ1) is 10.3. The third-order valence-electron chi connectivity index (χ3n) is 3.18. The minimum atomic E-state index is -0.633. The molecule has 5 nitrogen and oxygen atoms in total. The van der Waals surface area contributed by atoms with Crippen molar-refractivity contribution in [2.75, 3.05) is 13.1 Å². The van der Waals surface area contributed by atoms with Crippen LogP contribution in [0, 0.1) is 11.7 Å². The van der Waals surface area contributed by atoms with E-state index in [2.05, 4.69) is 10.6 Å². The van der Waals surface area contributed by atoms with E-state index >= 15 is 0 Å². The van der Waals surface area contributed by atoms with E-state index in [0.29, 0.717) is 18.0 Å². The first kappa shape index (κ1) is 21.6. The molecule has 0 unspecified atom stereocenters. The number of carbonyl (C=O) groups is 2. The monoisotopic (exact) mass is 365 g/mol. The van der Waals surface area contributed by atoms with E-state index in [4.69, 9.17) is 17.3 Å². The number of rotatable bonds is 7. The lowest BCUT2D eigenvalue weighted by Crippen LogP contribution is -2.47. The number of benzene rings is 1. The molecule has 0 heterocycles. The van der Waals surface area contributed by atoms with Crippen LogP contribution in [0.3, 0.4) is 0 Å². The van der Waals surface area contributed by atoms with Crippen LogP contribution in [0.1, 0.15) is 19.4 Å². The van der Waals surface area contributed by atoms with Gasteiger partial charge < -0.3 is 16.4 Å². The van der Waals surface area contributed by atoms with Crippen molar-refractivity contribution in [3.63, 3.8) is 0 Å². The van der Waals surface area contributed by atoms with Crippen LogP contribution in [0.15, 0.2) is 18.2 Å². The van der Waals surface area contributed by atoms with Crippen molar-refractivity contribution in [3.8, 4) is 0 Å². The van der Waals surface area contributed by atoms with Gasteiger partial charge in [0.2, 0.25) is 11.8 Å². The van der Waals surface area contributed by atoms with E-state index in [0.717, 1.165) is 5.56 Å². The predicted octanol–water partition coefficient (Wildman–Crippen LogP) is 1.66. The summed E-state index contributed by atoms with van der Waals surface area (Å²) in [4.78, 5) is 23.2. The third-order valence-corrected chi connectivity index (χ3v) is 3.53. The molecule has 0 fully saturated rings. The van der Waals surface area contributed by atoms with Gasteiger partial charge in [-0.2, -0.15) is 0 Å². The smallest absolute Gasteiger partial charge is 0.239 e. The molecule has 130 valence electrons. The lowest BCUT2D eigenvalue weighted by molar-refractivity contribution is -0.127. The van der Waals surface area contributed by atoms with E-state index in [1.807, 2.05) is 13.8 Å². The predicted molar refractivity (Wildman–Crippen MR) is 91.2 cm³/mol. The molecule has 0 spiro atoms. The zero-order valence-electron chi connectivity index (χ0n) is 13.1. The summed E-state index contributed by atoms with van der Waals surface area (Å²) in [6, 6.07) is 3.49. The van der Waals surface area contributed by atoms with Gasteiger partial charge >= 0.3 is 0 Å². The number of hydrogen-bond donors (Lipinski definition) is 3. The topological polar surface area (TPSA) is 84.2 Å². The van der Waals surface area contributed by atoms with Gasteiger partial charge in [-0.25, -0.2) is 4.39 Å². The van der Waals surface area contributed by atoms with Crippen LogP contribution in [0.5, 0.6) is 0 Å². The van der Waals surface area contributed by atoms with E-state index in [1.165, 1.54) is 12.1 Å². The summed E-state index contributed by atoms with van der Waals surface area (Å²) in [6.07, 6.45) is 0.476. The van der Waals surface area contributed by atoms with Gasteiger partial charge in [0.15, 0.2) is 0 Å². The Balaban J connectivity index is 0.00000484. The fourth-order valence-electron chi connectivity index (χ4n) is 1.71. The molecule has 0 aliphatic carbocycles. The number of amides is 2. The van der Waals surface area contributed by atoms with Crippen LogP contribution in [0.2, 0.25) is 5.02 Å². The van der Waals surface area contributed by atoms with Crippen LogP contribution in [-0.2, 0) is 16.0 Å². The molecule has 4 N–H and O–H groups in total. The number of nitrogens with one attached hydrogen (secondary N) is 2. The highest BCUT2D eigenvalue weighted by molar-refractivity contribution is 6.31. The molecular formula is C15H22Cl2FN3O2. The first-order valence-electron chi connectivity index (χ1n) is 7.05. The van der Waals surface area contributed by atoms with Gasteiger partial charge in [0.1, 0.15) is 5.82 Å². The Morgan fingerprint density at radius 3 is 2.52 bits per heavy atom. The van der Waals surface area contributed by atoms with Gasteiger partial charge in [-0.3, -0.25) is 9.59 Å². The van der Waals surface area contributed by atoms with Crippen molar-refractivity contribution in [3.05, 3.63) is 34.6 Å². The Labute approximate surface area is 146 Å². The van der Waals surface area contributed by atoms with Crippen LogP contribution in [0.4, 0.5) is 4.39 Å². The van der Waals surface area contributed by atoms with Crippen molar-refractivity contribution in [2.45, 2.75) is 26.3 Å². The largest absolute Gasteiger partial charge is 0.354 e. The Kier molecular flexibility index (Phi) is 9.79. The van der Waals surface area contributed by atoms with Crippen molar-refractivity contribution in [1.82, 2.24) is 10.6 Å². The van der Waals surface area contributed by atoms with Gasteiger partial charge in [-0.05, 0) is 30.0 Å². The van der Waals surface area contributed by atoms with Crippen LogP contribution >= 0.6 is 24.0 Å². The summed E-state index contributed by atoms with van der Waals surface area (Å²) in [5.41, 5.74) is 6.41. The Morgan fingerprint density at radius 2 is 1.96 bits per heavy atom. The second kappa shape index (κ2) is 10.4. The highest BCUT2D eigenvalue weighted by Gasteiger charge is 2.17. The number of halogens is 3. The lowest BCUT2D eigenvalue weighted by atomic mass is 10.1. The van der Waals surface area contributed by atoms with E-state index in [1.54, 1.807) is 6.07 Å². The maximum atomic E-state index is 12.9. The average molecular weight is 366 g/mol. The standard InChI is InChI=1S/C15H21ClFN3O2.ClH/c1-9(2)14(18)15(22)20-8-13(21)19-6-5-10-3-4-11(17)7-12(10)16;/h3-4,7,9,14H,5-6,8,18H2,1-2H3,(H,19,21)(H,20,22);1H/t14-;/m0./s1. The minimum absolute atomic E-state index is 0. The van der Waals surface area contributed by atoms with Gasteiger partial charge in [0, 0.05) is 11.6 Å². The highest BCUT2D eigenvalue weighted by atomic mass is 35.5. The molecule has 0 aliphatic heterocycles. The van der Waals surface area contributed by atoms with E-state index in [9.17, 15) is 14.0 Å². The summed E-state index contributed by atoms with van der Waals surface area (Å²) >= 11 is 5.89. The SMILES string of the molecule is CC(C)[C@H](N)C(=O)NCC(=O)NCCc1ccc(F)cc1Cl.Cl. The second-order valence-corrected chi connectivity index (χ2v) is 5.73. The van der Waals surface area contributed by atoms with Crippen molar-refractivity contribution in [2.24, 2.45) is 11.7 Å². The lowest BCUT2D eigenvalue weighted by Gasteiger charge is -2.15. The van der Waals surface area contributed by atoms with Gasteiger partial charge in [-0.15, -0.1) is 12.4 Å². The molecule has 0 saturated heterocycles. The van der Waals surface area contributed by atoms with Gasteiger partial charge in [0.25, 0.3) is 0 Å². The number of nitrogens with two attached hydrogens (primary N) is 1. The summed E-state index contributed by atoms with van der Waals surface area (Å²) in [7, 11) is 0. The summed E-state index contributed by atoms with van der Waals surface area (Å²) < 4.78 is 12.9. The molecule has 2 amide bonds. The first-order valence-corrected chi connectivity index (χ1v) is 7.43. The minimum Gasteiger partial charge on any atom is -0.354 e. The summed E-state index contributed by atoms with van der Waals surface area (Å²) in [5, 5.41) is 5.45. The van der Waals surface area contributed by atoms with Crippen LogP contribution in [0.25, 0.3) is 0 Å².